The van der Waals surface area contributed by atoms with Crippen LogP contribution in [0.3, 0.4) is 0 Å². The molecule has 3 saturated heterocycles. The Labute approximate surface area is 301 Å². The summed E-state index contributed by atoms with van der Waals surface area (Å²) in [6.07, 6.45) is -11.3. The SMILES string of the molecule is N=C1NCC(C(O)[C@H](NC(=O)[C@@H](N)Cc2ccc(O)cc2)C(=O)N[C@H](C(=O)N[C@H]([C]=O)CO)C(O)C2CNC(=N)N2C2OC(CO)C(O)C(O)C2O)N1. The maximum Gasteiger partial charge on any atom is 0.246 e. The molecule has 23 heteroatoms. The molecular weight excluding hydrogens is 708 g/mol. The molecule has 3 aliphatic rings. The third kappa shape index (κ3) is 9.45. The van der Waals surface area contributed by atoms with Gasteiger partial charge in [-0.05, 0) is 24.1 Å². The number of guanidine groups is 2. The van der Waals surface area contributed by atoms with Crippen LogP contribution in [0.2, 0.25) is 0 Å². The van der Waals surface area contributed by atoms with Crippen molar-refractivity contribution in [1.82, 2.24) is 36.8 Å². The Hall–Kier alpha value is -4.72. The fraction of sp³-hybridized carbons (Fsp3) is 0.600. The van der Waals surface area contributed by atoms with E-state index >= 15 is 0 Å². The lowest BCUT2D eigenvalue weighted by Gasteiger charge is -2.46. The fourth-order valence-corrected chi connectivity index (χ4v) is 6.10. The number of aromatic hydroxyl groups is 1. The van der Waals surface area contributed by atoms with Crippen molar-refractivity contribution in [2.45, 2.75) is 85.5 Å². The molecule has 23 nitrogen and oxygen atoms in total. The molecule has 53 heavy (non-hydrogen) atoms. The second-order valence-corrected chi connectivity index (χ2v) is 12.7. The quantitative estimate of drug-likeness (QED) is 0.0745. The minimum atomic E-state index is -2.11. The van der Waals surface area contributed by atoms with Crippen LogP contribution in [0.1, 0.15) is 5.56 Å². The number of carbonyl (C=O) groups is 3. The lowest BCUT2D eigenvalue weighted by Crippen LogP contribution is -2.69. The van der Waals surface area contributed by atoms with Crippen LogP contribution < -0.4 is 37.6 Å². The van der Waals surface area contributed by atoms with Gasteiger partial charge in [-0.2, -0.15) is 0 Å². The van der Waals surface area contributed by atoms with Crippen molar-refractivity contribution in [2.75, 3.05) is 26.3 Å². The zero-order chi connectivity index (χ0) is 39.1. The molecule has 0 bridgehead atoms. The van der Waals surface area contributed by atoms with Crippen molar-refractivity contribution >= 4 is 35.9 Å². The van der Waals surface area contributed by atoms with Gasteiger partial charge in [0.2, 0.25) is 24.0 Å². The number of phenols is 1. The smallest absolute Gasteiger partial charge is 0.246 e. The molecule has 9 unspecified atom stereocenters. The molecule has 1 radical (unpaired) electrons. The number of nitrogens with one attached hydrogen (secondary N) is 8. The summed E-state index contributed by atoms with van der Waals surface area (Å²) < 4.78 is 5.55. The number of nitrogens with two attached hydrogens (primary N) is 1. The Morgan fingerprint density at radius 2 is 1.55 bits per heavy atom. The molecule has 0 aromatic heterocycles. The number of benzene rings is 1. The van der Waals surface area contributed by atoms with Gasteiger partial charge in [0.1, 0.15) is 60.5 Å². The molecule has 13 atom stereocenters. The van der Waals surface area contributed by atoms with E-state index in [4.69, 9.17) is 21.3 Å². The van der Waals surface area contributed by atoms with Crippen LogP contribution in [0.15, 0.2) is 24.3 Å². The third-order valence-corrected chi connectivity index (χ3v) is 9.08. The molecule has 3 fully saturated rings. The first-order valence-electron chi connectivity index (χ1n) is 16.4. The number of amides is 3. The van der Waals surface area contributed by atoms with E-state index in [1.165, 1.54) is 30.6 Å². The number of hydrogen-bond donors (Lipinski definition) is 17. The average molecular weight is 754 g/mol. The van der Waals surface area contributed by atoms with Crippen LogP contribution in [0.5, 0.6) is 5.75 Å². The summed E-state index contributed by atoms with van der Waals surface area (Å²) >= 11 is 0. The number of rotatable bonds is 16. The predicted molar refractivity (Wildman–Crippen MR) is 178 cm³/mol. The number of nitrogens with zero attached hydrogens (tertiary/aromatic N) is 1. The van der Waals surface area contributed by atoms with Gasteiger partial charge in [-0.25, -0.2) is 0 Å². The molecule has 4 rings (SSSR count). The summed E-state index contributed by atoms with van der Waals surface area (Å²) in [5.41, 5.74) is 6.63. The summed E-state index contributed by atoms with van der Waals surface area (Å²) in [4.78, 5) is 53.1. The van der Waals surface area contributed by atoms with Crippen molar-refractivity contribution < 1.29 is 64.8 Å². The fourth-order valence-electron chi connectivity index (χ4n) is 6.10. The summed E-state index contributed by atoms with van der Waals surface area (Å²) in [6.45, 7) is -2.20. The Morgan fingerprint density at radius 3 is 2.13 bits per heavy atom. The molecular formula is C30H45N10O13. The largest absolute Gasteiger partial charge is 0.508 e. The van der Waals surface area contributed by atoms with Crippen molar-refractivity contribution in [3.63, 3.8) is 0 Å². The Kier molecular flexibility index (Phi) is 13.8. The van der Waals surface area contributed by atoms with Gasteiger partial charge < -0.3 is 88.1 Å². The first-order chi connectivity index (χ1) is 25.1. The van der Waals surface area contributed by atoms with Gasteiger partial charge in [0.05, 0.1) is 31.3 Å². The van der Waals surface area contributed by atoms with E-state index in [9.17, 15) is 60.0 Å². The molecule has 0 spiro atoms. The Balaban J connectivity index is 1.64. The topological polar surface area (TPSA) is 388 Å². The lowest BCUT2D eigenvalue weighted by molar-refractivity contribution is -0.260. The summed E-state index contributed by atoms with van der Waals surface area (Å²) in [5.74, 6) is -4.26. The van der Waals surface area contributed by atoms with E-state index in [0.717, 1.165) is 4.90 Å². The average Bonchev–Trinajstić information content (AvgIpc) is 3.76. The Morgan fingerprint density at radius 1 is 0.925 bits per heavy atom. The lowest BCUT2D eigenvalue weighted by atomic mass is 9.95. The monoisotopic (exact) mass is 753 g/mol. The zero-order valence-electron chi connectivity index (χ0n) is 28.0. The van der Waals surface area contributed by atoms with Crippen molar-refractivity contribution in [1.29, 1.82) is 10.8 Å². The van der Waals surface area contributed by atoms with E-state index < -0.39 is 116 Å². The first-order valence-corrected chi connectivity index (χ1v) is 16.4. The minimum absolute atomic E-state index is 0.0338. The maximum atomic E-state index is 14.0. The summed E-state index contributed by atoms with van der Waals surface area (Å²) in [6, 6.07) is -3.75. The van der Waals surface area contributed by atoms with Gasteiger partial charge >= 0.3 is 0 Å². The highest BCUT2D eigenvalue weighted by atomic mass is 16.6. The first kappa shape index (κ1) is 41.0. The van der Waals surface area contributed by atoms with E-state index in [0.29, 0.717) is 5.56 Å². The van der Waals surface area contributed by atoms with Crippen LogP contribution in [0, 0.1) is 10.8 Å². The standard InChI is InChI=1S/C30H45N10O13/c31-14(5-11-1-3-13(44)4-2-11)25(50)38-18(20(45)15-6-34-29(32)37-15)27(52)39-19(26(51)36-12(8-41)9-42)21(46)16-7-35-30(33)40(16)28-24(49)23(48)22(47)17(10-43)53-28/h1-4,12,14-24,28,41,43-49H,5-8,10,31H2,(H2,33,35)(H,36,51)(H,38,50)(H,39,52)(H3,32,34,37)/t12-,14-,15?,16?,17?,18-,19-,20?,21?,22?,23?,24?,28?/m0/s1. The molecule has 0 aliphatic carbocycles. The highest BCUT2D eigenvalue weighted by molar-refractivity contribution is 5.95. The summed E-state index contributed by atoms with van der Waals surface area (Å²) in [7, 11) is 0. The maximum absolute atomic E-state index is 14.0. The Bertz CT molecular complexity index is 1490. The van der Waals surface area contributed by atoms with Crippen molar-refractivity contribution in [2.24, 2.45) is 5.73 Å². The van der Waals surface area contributed by atoms with Crippen LogP contribution in [-0.4, -0.2) is 187 Å². The predicted octanol–water partition coefficient (Wildman–Crippen LogP) is -8.96. The molecule has 293 valence electrons. The minimum Gasteiger partial charge on any atom is -0.508 e. The third-order valence-electron chi connectivity index (χ3n) is 9.08. The van der Waals surface area contributed by atoms with Crippen LogP contribution >= 0.6 is 0 Å². The molecule has 3 aliphatic heterocycles. The van der Waals surface area contributed by atoms with Gasteiger partial charge in [-0.15, -0.1) is 0 Å². The molecule has 0 saturated carbocycles. The molecule has 3 heterocycles. The van der Waals surface area contributed by atoms with Gasteiger partial charge in [0.15, 0.2) is 18.1 Å². The highest BCUT2D eigenvalue weighted by Gasteiger charge is 2.52. The number of aliphatic hydroxyl groups excluding tert-OH is 7. The van der Waals surface area contributed by atoms with Crippen LogP contribution in [0.4, 0.5) is 0 Å². The highest BCUT2D eigenvalue weighted by Crippen LogP contribution is 2.28. The van der Waals surface area contributed by atoms with E-state index in [-0.39, 0.29) is 31.2 Å². The van der Waals surface area contributed by atoms with Crippen LogP contribution in [0.25, 0.3) is 0 Å². The number of ether oxygens (including phenoxy) is 1. The van der Waals surface area contributed by atoms with Crippen LogP contribution in [-0.2, 0) is 30.3 Å². The van der Waals surface area contributed by atoms with Gasteiger partial charge in [-0.1, -0.05) is 12.1 Å². The van der Waals surface area contributed by atoms with E-state index in [1.807, 2.05) is 0 Å². The number of aliphatic hydroxyl groups is 7. The van der Waals surface area contributed by atoms with Gasteiger partial charge in [-0.3, -0.25) is 30.0 Å². The molecule has 1 aromatic carbocycles. The van der Waals surface area contributed by atoms with Crippen molar-refractivity contribution in [3.8, 4) is 5.75 Å². The number of phenolic OH excluding ortho intramolecular Hbond substituents is 1. The molecule has 1 aromatic rings. The molecule has 18 N–H and O–H groups in total. The van der Waals surface area contributed by atoms with E-state index in [2.05, 4.69) is 31.9 Å². The molecule has 3 amide bonds. The zero-order valence-corrected chi connectivity index (χ0v) is 28.0. The second kappa shape index (κ2) is 17.9. The number of hydrogen-bond acceptors (Lipinski definition) is 16. The van der Waals surface area contributed by atoms with Gasteiger partial charge in [0.25, 0.3) is 0 Å². The second-order valence-electron chi connectivity index (χ2n) is 12.7. The van der Waals surface area contributed by atoms with Gasteiger partial charge in [0, 0.05) is 13.1 Å². The normalized spacial score (nSPS) is 29.0. The van der Waals surface area contributed by atoms with Crippen molar-refractivity contribution in [3.05, 3.63) is 29.8 Å². The van der Waals surface area contributed by atoms with E-state index in [1.54, 1.807) is 0 Å². The number of carbonyl (C=O) groups excluding carboxylic acids is 4. The summed E-state index contributed by atoms with van der Waals surface area (Å²) in [5, 5.41) is 114.